The van der Waals surface area contributed by atoms with Crippen LogP contribution in [0, 0.1) is 12.7 Å². The van der Waals surface area contributed by atoms with E-state index in [1.54, 1.807) is 13.0 Å². The van der Waals surface area contributed by atoms with Crippen molar-refractivity contribution in [3.8, 4) is 0 Å². The maximum atomic E-state index is 13.7. The molecular weight excluding hydrogens is 373 g/mol. The Morgan fingerprint density at radius 2 is 1.72 bits per heavy atom. The van der Waals surface area contributed by atoms with Crippen LogP contribution in [0.3, 0.4) is 0 Å². The second-order valence-corrected chi connectivity index (χ2v) is 6.74. The van der Waals surface area contributed by atoms with E-state index in [1.807, 2.05) is 36.4 Å². The highest BCUT2D eigenvalue weighted by atomic mass is 19.1. The molecular formula is C23H18FNO4. The highest BCUT2D eigenvalue weighted by molar-refractivity contribution is 6.08. The number of furan rings is 1. The van der Waals surface area contributed by atoms with Gasteiger partial charge in [-0.3, -0.25) is 4.79 Å². The Labute approximate surface area is 166 Å². The van der Waals surface area contributed by atoms with E-state index in [9.17, 15) is 14.0 Å². The maximum Gasteiger partial charge on any atom is 0.375 e. The van der Waals surface area contributed by atoms with Crippen LogP contribution in [0.1, 0.15) is 23.0 Å². The number of halogens is 1. The van der Waals surface area contributed by atoms with Crippen LogP contribution in [0.4, 0.5) is 10.1 Å². The molecule has 4 rings (SSSR count). The minimum Gasteiger partial charge on any atom is -0.448 e. The highest BCUT2D eigenvalue weighted by Gasteiger charge is 2.25. The van der Waals surface area contributed by atoms with Crippen LogP contribution in [-0.4, -0.2) is 18.0 Å². The summed E-state index contributed by atoms with van der Waals surface area (Å²) >= 11 is 0. The molecule has 0 radical (unpaired) electrons. The molecule has 146 valence electrons. The number of fused-ring (bicyclic) bond motifs is 3. The topological polar surface area (TPSA) is 68.5 Å². The molecule has 29 heavy (non-hydrogen) atoms. The molecule has 0 bridgehead atoms. The lowest BCUT2D eigenvalue weighted by atomic mass is 10.1. The summed E-state index contributed by atoms with van der Waals surface area (Å²) in [5.41, 5.74) is 1.25. The van der Waals surface area contributed by atoms with Gasteiger partial charge in [0.25, 0.3) is 5.91 Å². The molecule has 0 saturated heterocycles. The summed E-state index contributed by atoms with van der Waals surface area (Å²) in [4.78, 5) is 24.9. The molecule has 1 amide bonds. The second kappa shape index (κ2) is 7.39. The number of ether oxygens (including phenoxy) is 1. The number of carbonyl (C=O) groups excluding carboxylic acids is 2. The number of esters is 1. The first-order valence-corrected chi connectivity index (χ1v) is 9.13. The number of para-hydroxylation sites is 1. The lowest BCUT2D eigenvalue weighted by molar-refractivity contribution is -0.123. The number of anilines is 1. The van der Waals surface area contributed by atoms with Gasteiger partial charge in [0.05, 0.1) is 5.69 Å². The van der Waals surface area contributed by atoms with E-state index in [0.717, 1.165) is 16.2 Å². The fourth-order valence-electron chi connectivity index (χ4n) is 3.21. The van der Waals surface area contributed by atoms with Crippen molar-refractivity contribution in [2.75, 3.05) is 5.32 Å². The molecule has 3 aromatic carbocycles. The zero-order valence-corrected chi connectivity index (χ0v) is 15.9. The van der Waals surface area contributed by atoms with E-state index in [4.69, 9.17) is 9.15 Å². The molecule has 1 N–H and O–H groups in total. The van der Waals surface area contributed by atoms with Gasteiger partial charge in [0.1, 0.15) is 11.4 Å². The smallest absolute Gasteiger partial charge is 0.375 e. The third-order valence-corrected chi connectivity index (χ3v) is 4.80. The normalized spacial score (nSPS) is 12.1. The SMILES string of the molecule is Cc1c(C(=O)O[C@@H](C)C(=O)Nc2ccccc2F)oc2c1ccc1ccccc12. The Kier molecular flexibility index (Phi) is 4.76. The molecule has 1 atom stereocenters. The minimum absolute atomic E-state index is 0.0202. The van der Waals surface area contributed by atoms with Crippen LogP contribution >= 0.6 is 0 Å². The molecule has 0 aliphatic carbocycles. The van der Waals surface area contributed by atoms with Gasteiger partial charge >= 0.3 is 5.97 Å². The Bertz CT molecular complexity index is 1240. The number of carbonyl (C=O) groups is 2. The molecule has 1 aromatic heterocycles. The quantitative estimate of drug-likeness (QED) is 0.485. The van der Waals surface area contributed by atoms with Crippen molar-refractivity contribution in [2.45, 2.75) is 20.0 Å². The Morgan fingerprint density at radius 3 is 2.52 bits per heavy atom. The largest absolute Gasteiger partial charge is 0.448 e. The summed E-state index contributed by atoms with van der Waals surface area (Å²) in [7, 11) is 0. The second-order valence-electron chi connectivity index (χ2n) is 6.74. The fraction of sp³-hybridized carbons (Fsp3) is 0.130. The molecule has 0 aliphatic heterocycles. The summed E-state index contributed by atoms with van der Waals surface area (Å²) in [5, 5.41) is 5.09. The zero-order valence-electron chi connectivity index (χ0n) is 15.9. The summed E-state index contributed by atoms with van der Waals surface area (Å²) in [5.74, 6) is -1.91. The van der Waals surface area contributed by atoms with Crippen molar-refractivity contribution in [1.82, 2.24) is 0 Å². The van der Waals surface area contributed by atoms with Gasteiger partial charge in [-0.15, -0.1) is 0 Å². The van der Waals surface area contributed by atoms with Crippen molar-refractivity contribution in [2.24, 2.45) is 0 Å². The van der Waals surface area contributed by atoms with Gasteiger partial charge in [0, 0.05) is 16.3 Å². The molecule has 0 spiro atoms. The standard InChI is InChI=1S/C23H18FNO4/c1-13-16-12-11-15-7-3-4-8-17(15)21(16)29-20(13)23(27)28-14(2)22(26)25-19-10-6-5-9-18(19)24/h3-12,14H,1-2H3,(H,25,26)/t14-/m0/s1. The van der Waals surface area contributed by atoms with Crippen molar-refractivity contribution in [3.63, 3.8) is 0 Å². The number of nitrogens with one attached hydrogen (secondary N) is 1. The lowest BCUT2D eigenvalue weighted by Crippen LogP contribution is -2.30. The number of amides is 1. The first-order valence-electron chi connectivity index (χ1n) is 9.13. The Hall–Kier alpha value is -3.67. The highest BCUT2D eigenvalue weighted by Crippen LogP contribution is 2.32. The van der Waals surface area contributed by atoms with E-state index < -0.39 is 23.8 Å². The molecule has 4 aromatic rings. The summed E-state index contributed by atoms with van der Waals surface area (Å²) < 4.78 is 24.8. The van der Waals surface area contributed by atoms with E-state index in [0.29, 0.717) is 11.1 Å². The van der Waals surface area contributed by atoms with Crippen LogP contribution < -0.4 is 5.32 Å². The molecule has 6 heteroatoms. The zero-order chi connectivity index (χ0) is 20.5. The Morgan fingerprint density at radius 1 is 1.00 bits per heavy atom. The number of aryl methyl sites for hydroxylation is 1. The number of benzene rings is 3. The average molecular weight is 391 g/mol. The van der Waals surface area contributed by atoms with Gasteiger partial charge in [0.2, 0.25) is 5.76 Å². The van der Waals surface area contributed by atoms with Crippen molar-refractivity contribution < 1.29 is 23.1 Å². The predicted octanol–water partition coefficient (Wildman–Crippen LogP) is 5.22. The summed E-state index contributed by atoms with van der Waals surface area (Å²) in [6, 6.07) is 17.3. The average Bonchev–Trinajstić information content (AvgIpc) is 3.07. The van der Waals surface area contributed by atoms with Gasteiger partial charge in [0.15, 0.2) is 6.10 Å². The summed E-state index contributed by atoms with van der Waals surface area (Å²) in [6.07, 6.45) is -1.13. The third-order valence-electron chi connectivity index (χ3n) is 4.80. The third kappa shape index (κ3) is 3.45. The van der Waals surface area contributed by atoms with E-state index >= 15 is 0 Å². The monoisotopic (exact) mass is 391 g/mol. The molecule has 0 unspecified atom stereocenters. The van der Waals surface area contributed by atoms with Crippen molar-refractivity contribution >= 4 is 39.3 Å². The van der Waals surface area contributed by atoms with E-state index in [1.165, 1.54) is 25.1 Å². The van der Waals surface area contributed by atoms with Crippen molar-refractivity contribution in [3.05, 3.63) is 77.8 Å². The molecule has 0 aliphatic rings. The number of hydrogen-bond donors (Lipinski definition) is 1. The van der Waals surface area contributed by atoms with Gasteiger partial charge < -0.3 is 14.5 Å². The van der Waals surface area contributed by atoms with Crippen LogP contribution in [0.5, 0.6) is 0 Å². The fourth-order valence-corrected chi connectivity index (χ4v) is 3.21. The summed E-state index contributed by atoms with van der Waals surface area (Å²) in [6.45, 7) is 3.18. The van der Waals surface area contributed by atoms with Gasteiger partial charge in [-0.05, 0) is 31.4 Å². The lowest BCUT2D eigenvalue weighted by Gasteiger charge is -2.13. The molecule has 0 saturated carbocycles. The molecule has 0 fully saturated rings. The Balaban J connectivity index is 1.57. The van der Waals surface area contributed by atoms with Crippen molar-refractivity contribution in [1.29, 1.82) is 0 Å². The van der Waals surface area contributed by atoms with Crippen LogP contribution in [0.15, 0.2) is 65.1 Å². The first kappa shape index (κ1) is 18.7. The maximum absolute atomic E-state index is 13.7. The first-order chi connectivity index (χ1) is 14.0. The minimum atomic E-state index is -1.13. The van der Waals surface area contributed by atoms with Crippen LogP contribution in [0.25, 0.3) is 21.7 Å². The van der Waals surface area contributed by atoms with Gasteiger partial charge in [-0.1, -0.05) is 48.5 Å². The molecule has 5 nitrogen and oxygen atoms in total. The number of rotatable bonds is 4. The molecule has 1 heterocycles. The predicted molar refractivity (Wildman–Crippen MR) is 108 cm³/mol. The van der Waals surface area contributed by atoms with E-state index in [2.05, 4.69) is 5.32 Å². The van der Waals surface area contributed by atoms with E-state index in [-0.39, 0.29) is 11.4 Å². The number of hydrogen-bond acceptors (Lipinski definition) is 4. The van der Waals surface area contributed by atoms with Gasteiger partial charge in [-0.2, -0.15) is 0 Å². The van der Waals surface area contributed by atoms with Crippen LogP contribution in [0.2, 0.25) is 0 Å². The van der Waals surface area contributed by atoms with Crippen LogP contribution in [-0.2, 0) is 9.53 Å². The van der Waals surface area contributed by atoms with Gasteiger partial charge in [-0.25, -0.2) is 9.18 Å².